The molecule has 0 aliphatic carbocycles. The van der Waals surface area contributed by atoms with Gasteiger partial charge in [-0.1, -0.05) is 307 Å². The van der Waals surface area contributed by atoms with Crippen molar-refractivity contribution >= 4 is 10.8 Å². The highest BCUT2D eigenvalue weighted by molar-refractivity contribution is 5.86. The molecule has 11 aromatic carbocycles. The third-order valence-electron chi connectivity index (χ3n) is 14.6. The van der Waals surface area contributed by atoms with E-state index in [0.717, 1.165) is 43.6 Å². The van der Waals surface area contributed by atoms with Gasteiger partial charge in [0.1, 0.15) is 11.5 Å². The fourth-order valence-electron chi connectivity index (χ4n) is 9.54. The first-order chi connectivity index (χ1) is 40.1. The van der Waals surface area contributed by atoms with Gasteiger partial charge >= 0.3 is 0 Å². The quantitative estimate of drug-likeness (QED) is 0.121. The number of hydrogen-bond donors (Lipinski definition) is 0. The molecule has 0 heterocycles. The van der Waals surface area contributed by atoms with E-state index in [0.29, 0.717) is 0 Å². The van der Waals surface area contributed by atoms with Gasteiger partial charge in [-0.3, -0.25) is 0 Å². The van der Waals surface area contributed by atoms with E-state index < -0.39 is 0 Å². The van der Waals surface area contributed by atoms with E-state index in [-0.39, 0.29) is 10.8 Å². The maximum atomic E-state index is 5.13. The maximum absolute atomic E-state index is 5.13. The standard InChI is InChI=1S/C21H28.C17H14.C15H16O2.C15H16.C13H12/c1-20(2,3)18-11-7-16(8-12-18)15-17-9-13-19(14-10-17)21(4,5)6;1-2-7-14(8-3-1)13-16-11-6-10-15-9-4-5-12-17(15)16;1-16-14-7-3-12(4-8-14)11-13-5-9-15(17-2)10-6-13;1-12-3-7-14(8-4-12)11-15-9-5-13(2)6-10-15;1-3-7-12(8-4-1)11-13-9-5-2-6-10-13/h7-14H,15H2,1-6H3;1-12H,13H2;3-10H,11H2,1-2H3;3-10H,11H2,1-2H3;1-10H,11H2. The molecule has 0 radical (unpaired) electrons. The lowest BCUT2D eigenvalue weighted by molar-refractivity contribution is 0.414. The second-order valence-electron chi connectivity index (χ2n) is 23.5. The summed E-state index contributed by atoms with van der Waals surface area (Å²) in [6.07, 6.45) is 4.99. The van der Waals surface area contributed by atoms with Crippen LogP contribution in [0.1, 0.15) is 119 Å². The summed E-state index contributed by atoms with van der Waals surface area (Å²) in [5.41, 5.74) is 19.5. The van der Waals surface area contributed by atoms with Crippen LogP contribution in [0.2, 0.25) is 0 Å². The molecule has 0 aliphatic rings. The summed E-state index contributed by atoms with van der Waals surface area (Å²) in [5, 5.41) is 2.68. The Hall–Kier alpha value is -8.72. The van der Waals surface area contributed by atoms with Crippen LogP contribution in [-0.4, -0.2) is 14.2 Å². The van der Waals surface area contributed by atoms with Gasteiger partial charge in [-0.2, -0.15) is 0 Å². The van der Waals surface area contributed by atoms with Crippen LogP contribution in [0, 0.1) is 13.8 Å². The molecule has 2 heteroatoms. The number of rotatable bonds is 12. The Morgan fingerprint density at radius 3 is 0.843 bits per heavy atom. The van der Waals surface area contributed by atoms with Crippen LogP contribution in [-0.2, 0) is 42.9 Å². The highest BCUT2D eigenvalue weighted by atomic mass is 16.5. The van der Waals surface area contributed by atoms with Crippen LogP contribution in [0.4, 0.5) is 0 Å². The predicted molar refractivity (Wildman–Crippen MR) is 356 cm³/mol. The van der Waals surface area contributed by atoms with Crippen LogP contribution in [0.3, 0.4) is 0 Å². The molecule has 422 valence electrons. The molecule has 0 N–H and O–H groups in total. The van der Waals surface area contributed by atoms with Gasteiger partial charge < -0.3 is 9.47 Å². The molecule has 0 aromatic heterocycles. The van der Waals surface area contributed by atoms with Gasteiger partial charge in [-0.05, 0) is 159 Å². The van der Waals surface area contributed by atoms with Crippen LogP contribution in [0.5, 0.6) is 11.5 Å². The zero-order valence-corrected chi connectivity index (χ0v) is 50.9. The fourth-order valence-corrected chi connectivity index (χ4v) is 9.54. The summed E-state index contributed by atoms with van der Waals surface area (Å²) in [5.74, 6) is 1.78. The van der Waals surface area contributed by atoms with Crippen molar-refractivity contribution in [2.45, 2.75) is 98.3 Å². The summed E-state index contributed by atoms with van der Waals surface area (Å²) in [6.45, 7) is 17.8. The molecule has 2 nitrogen and oxygen atoms in total. The van der Waals surface area contributed by atoms with E-state index in [2.05, 4.69) is 310 Å². The molecular weight excluding hydrogens is 1000 g/mol. The highest BCUT2D eigenvalue weighted by Gasteiger charge is 2.14. The molecule has 83 heavy (non-hydrogen) atoms. The molecule has 0 unspecified atom stereocenters. The molecule has 0 bridgehead atoms. The van der Waals surface area contributed by atoms with E-state index >= 15 is 0 Å². The summed E-state index contributed by atoms with van der Waals surface area (Å²) >= 11 is 0. The number of aryl methyl sites for hydroxylation is 2. The SMILES string of the molecule is CC(C)(C)c1ccc(Cc2ccc(C(C)(C)C)cc2)cc1.COc1ccc(Cc2ccc(OC)cc2)cc1.Cc1ccc(Cc2ccc(C)cc2)cc1.c1ccc(Cc2cccc3ccccc23)cc1.c1ccc(Cc2ccccc2)cc1. The number of benzene rings is 11. The van der Waals surface area contributed by atoms with Crippen molar-refractivity contribution < 1.29 is 9.47 Å². The Morgan fingerprint density at radius 1 is 0.253 bits per heavy atom. The van der Waals surface area contributed by atoms with E-state index in [9.17, 15) is 0 Å². The van der Waals surface area contributed by atoms with Gasteiger partial charge in [0.05, 0.1) is 14.2 Å². The van der Waals surface area contributed by atoms with Gasteiger partial charge in [0, 0.05) is 0 Å². The lowest BCUT2D eigenvalue weighted by Gasteiger charge is -2.20. The van der Waals surface area contributed by atoms with Gasteiger partial charge in [0.2, 0.25) is 0 Å². The molecule has 11 aromatic rings. The number of methoxy groups -OCH3 is 2. The normalized spacial score (nSPS) is 10.8. The van der Waals surface area contributed by atoms with Crippen molar-refractivity contribution in [3.05, 3.63) is 357 Å². The second-order valence-corrected chi connectivity index (χ2v) is 23.5. The number of fused-ring (bicyclic) bond motifs is 1. The molecule has 0 amide bonds. The van der Waals surface area contributed by atoms with Crippen molar-refractivity contribution in [3.63, 3.8) is 0 Å². The molecule has 0 saturated heterocycles. The molecule has 0 saturated carbocycles. The summed E-state index contributed by atoms with van der Waals surface area (Å²) < 4.78 is 10.3. The van der Waals surface area contributed by atoms with Crippen molar-refractivity contribution in [1.82, 2.24) is 0 Å². The van der Waals surface area contributed by atoms with Gasteiger partial charge in [0.25, 0.3) is 0 Å². The Morgan fingerprint density at radius 2 is 0.518 bits per heavy atom. The minimum absolute atomic E-state index is 0.229. The van der Waals surface area contributed by atoms with Crippen molar-refractivity contribution in [1.29, 1.82) is 0 Å². The number of hydrogen-bond acceptors (Lipinski definition) is 2. The fraction of sp³-hybridized carbons (Fsp3) is 0.210. The van der Waals surface area contributed by atoms with E-state index in [1.165, 1.54) is 88.7 Å². The lowest BCUT2D eigenvalue weighted by atomic mass is 9.85. The zero-order valence-electron chi connectivity index (χ0n) is 50.9. The van der Waals surface area contributed by atoms with Crippen LogP contribution in [0.25, 0.3) is 10.8 Å². The lowest BCUT2D eigenvalue weighted by Crippen LogP contribution is -2.11. The molecule has 0 spiro atoms. The highest BCUT2D eigenvalue weighted by Crippen LogP contribution is 2.26. The minimum Gasteiger partial charge on any atom is -0.497 e. The second kappa shape index (κ2) is 31.5. The largest absolute Gasteiger partial charge is 0.497 e. The maximum Gasteiger partial charge on any atom is 0.118 e. The molecular formula is C81H86O2. The van der Waals surface area contributed by atoms with E-state index in [1.807, 2.05) is 24.3 Å². The first-order valence-electron chi connectivity index (χ1n) is 29.2. The smallest absolute Gasteiger partial charge is 0.118 e. The summed E-state index contributed by atoms with van der Waals surface area (Å²) in [6, 6.07) is 98.7. The number of ether oxygens (including phenoxy) is 2. The van der Waals surface area contributed by atoms with Crippen LogP contribution < -0.4 is 9.47 Å². The van der Waals surface area contributed by atoms with Crippen molar-refractivity contribution in [2.75, 3.05) is 14.2 Å². The Balaban J connectivity index is 0.000000150. The van der Waals surface area contributed by atoms with Gasteiger partial charge in [0.15, 0.2) is 0 Å². The Bertz CT molecular complexity index is 3370. The minimum atomic E-state index is 0.229. The van der Waals surface area contributed by atoms with Crippen LogP contribution >= 0.6 is 0 Å². The molecule has 0 atom stereocenters. The Labute approximate surface area is 498 Å². The van der Waals surface area contributed by atoms with E-state index in [1.54, 1.807) is 14.2 Å². The molecule has 11 rings (SSSR count). The first kappa shape index (κ1) is 61.9. The molecule has 0 aliphatic heterocycles. The summed E-state index contributed by atoms with van der Waals surface area (Å²) in [7, 11) is 3.36. The Kier molecular flexibility index (Phi) is 23.5. The third kappa shape index (κ3) is 21.3. The average molecular weight is 1090 g/mol. The van der Waals surface area contributed by atoms with Crippen molar-refractivity contribution in [2.24, 2.45) is 0 Å². The van der Waals surface area contributed by atoms with Gasteiger partial charge in [-0.15, -0.1) is 0 Å². The average Bonchev–Trinajstić information content (AvgIpc) is 3.61. The third-order valence-corrected chi connectivity index (χ3v) is 14.6. The van der Waals surface area contributed by atoms with Gasteiger partial charge in [-0.25, -0.2) is 0 Å². The zero-order chi connectivity index (χ0) is 58.9. The van der Waals surface area contributed by atoms with Crippen LogP contribution in [0.15, 0.2) is 279 Å². The van der Waals surface area contributed by atoms with E-state index in [4.69, 9.17) is 9.47 Å². The molecule has 0 fully saturated rings. The van der Waals surface area contributed by atoms with Crippen molar-refractivity contribution in [3.8, 4) is 11.5 Å². The first-order valence-corrected chi connectivity index (χ1v) is 29.2. The predicted octanol–water partition coefficient (Wildman–Crippen LogP) is 20.8. The monoisotopic (exact) mass is 1090 g/mol. The topological polar surface area (TPSA) is 18.5 Å². The summed E-state index contributed by atoms with van der Waals surface area (Å²) in [4.78, 5) is 0.